The highest BCUT2D eigenvalue weighted by Gasteiger charge is 2.35. The Labute approximate surface area is 151 Å². The van der Waals surface area contributed by atoms with Gasteiger partial charge in [-0.05, 0) is 56.5 Å². The molecule has 0 aliphatic carbocycles. The van der Waals surface area contributed by atoms with Crippen molar-refractivity contribution >= 4 is 18.1 Å². The minimum Gasteiger partial charge on any atom is -0.298 e. The number of ketones is 1. The van der Waals surface area contributed by atoms with E-state index in [1.807, 2.05) is 45.0 Å². The lowest BCUT2D eigenvalue weighted by molar-refractivity contribution is -0.165. The molecule has 0 unspecified atom stereocenters. The Kier molecular flexibility index (Phi) is 7.50. The monoisotopic (exact) mass is 362 g/mol. The molecule has 0 aliphatic heterocycles. The number of carbonyl (C=O) groups is 2. The van der Waals surface area contributed by atoms with Crippen LogP contribution >= 0.6 is 0 Å². The third-order valence-electron chi connectivity index (χ3n) is 3.69. The molecular formula is C21H21F3O2. The molecule has 0 fully saturated rings. The normalized spacial score (nSPS) is 11.0. The van der Waals surface area contributed by atoms with Crippen molar-refractivity contribution in [2.75, 3.05) is 0 Å². The van der Waals surface area contributed by atoms with Crippen LogP contribution in [0.4, 0.5) is 13.2 Å². The maximum Gasteiger partial charge on any atom is 0.454 e. The molecule has 0 spiro atoms. The van der Waals surface area contributed by atoms with Crippen LogP contribution < -0.4 is 0 Å². The summed E-state index contributed by atoms with van der Waals surface area (Å²) in [7, 11) is 0. The third kappa shape index (κ3) is 6.67. The van der Waals surface area contributed by atoms with Crippen molar-refractivity contribution in [2.24, 2.45) is 0 Å². The van der Waals surface area contributed by atoms with Crippen LogP contribution in [0.3, 0.4) is 0 Å². The van der Waals surface area contributed by atoms with Crippen molar-refractivity contribution < 1.29 is 22.8 Å². The summed E-state index contributed by atoms with van der Waals surface area (Å²) in [5.74, 6) is -1.84. The van der Waals surface area contributed by atoms with Gasteiger partial charge in [0.15, 0.2) is 0 Å². The lowest BCUT2D eigenvalue weighted by atomic mass is 10.0. The molecule has 0 N–H and O–H groups in total. The largest absolute Gasteiger partial charge is 0.454 e. The molecule has 0 radical (unpaired) electrons. The van der Waals surface area contributed by atoms with Gasteiger partial charge in [0, 0.05) is 5.56 Å². The van der Waals surface area contributed by atoms with Crippen LogP contribution in [0.25, 0.3) is 6.08 Å². The fraction of sp³-hybridized carbons (Fsp3) is 0.238. The van der Waals surface area contributed by atoms with Crippen LogP contribution in [0.1, 0.15) is 38.2 Å². The summed E-state index contributed by atoms with van der Waals surface area (Å²) >= 11 is 0. The molecular weight excluding hydrogens is 341 g/mol. The van der Waals surface area contributed by atoms with Crippen molar-refractivity contribution in [3.63, 3.8) is 0 Å². The number of alkyl halides is 3. The van der Waals surface area contributed by atoms with Gasteiger partial charge in [0.2, 0.25) is 0 Å². The quantitative estimate of drug-likeness (QED) is 0.529. The SMILES string of the molecule is Cc1ccc(C)c(/C=C/C(=O)C(F)(F)F)c1.Cc1ccc(C)c(C=O)c1. The molecule has 0 atom stereocenters. The Bertz CT molecular complexity index is 818. The van der Waals surface area contributed by atoms with Crippen LogP contribution in [0, 0.1) is 27.7 Å². The summed E-state index contributed by atoms with van der Waals surface area (Å²) in [5, 5.41) is 0. The fourth-order valence-corrected chi connectivity index (χ4v) is 2.09. The Morgan fingerprint density at radius 1 is 0.846 bits per heavy atom. The van der Waals surface area contributed by atoms with Gasteiger partial charge in [0.25, 0.3) is 5.78 Å². The number of carbonyl (C=O) groups excluding carboxylic acids is 2. The molecule has 2 rings (SSSR count). The lowest BCUT2D eigenvalue weighted by Crippen LogP contribution is -2.19. The predicted octanol–water partition coefficient (Wildman–Crippen LogP) is 5.56. The van der Waals surface area contributed by atoms with E-state index in [4.69, 9.17) is 0 Å². The molecule has 138 valence electrons. The Morgan fingerprint density at radius 2 is 1.31 bits per heavy atom. The molecule has 0 amide bonds. The molecule has 5 heteroatoms. The number of aryl methyl sites for hydroxylation is 4. The van der Waals surface area contributed by atoms with Crippen molar-refractivity contribution in [1.82, 2.24) is 0 Å². The zero-order valence-corrected chi connectivity index (χ0v) is 15.1. The third-order valence-corrected chi connectivity index (χ3v) is 3.69. The van der Waals surface area contributed by atoms with E-state index in [1.165, 1.54) is 6.08 Å². The first-order valence-electron chi connectivity index (χ1n) is 7.93. The highest BCUT2D eigenvalue weighted by Crippen LogP contribution is 2.18. The summed E-state index contributed by atoms with van der Waals surface area (Å²) in [5.41, 5.74) is 5.35. The lowest BCUT2D eigenvalue weighted by Gasteiger charge is -2.02. The first-order chi connectivity index (χ1) is 12.0. The second kappa shape index (κ2) is 9.13. The van der Waals surface area contributed by atoms with E-state index in [2.05, 4.69) is 0 Å². The smallest absolute Gasteiger partial charge is 0.298 e. The topological polar surface area (TPSA) is 34.1 Å². The van der Waals surface area contributed by atoms with Crippen molar-refractivity contribution in [3.8, 4) is 0 Å². The zero-order valence-electron chi connectivity index (χ0n) is 15.1. The highest BCUT2D eigenvalue weighted by molar-refractivity contribution is 5.97. The molecule has 2 aromatic rings. The van der Waals surface area contributed by atoms with Gasteiger partial charge in [-0.25, -0.2) is 0 Å². The minimum atomic E-state index is -4.80. The van der Waals surface area contributed by atoms with E-state index in [9.17, 15) is 22.8 Å². The summed E-state index contributed by atoms with van der Waals surface area (Å²) in [6, 6.07) is 11.2. The Hall–Kier alpha value is -2.69. The average Bonchev–Trinajstić information content (AvgIpc) is 2.57. The molecule has 0 aliphatic rings. The number of rotatable bonds is 3. The van der Waals surface area contributed by atoms with Crippen LogP contribution in [0.2, 0.25) is 0 Å². The summed E-state index contributed by atoms with van der Waals surface area (Å²) in [6.45, 7) is 7.52. The summed E-state index contributed by atoms with van der Waals surface area (Å²) in [4.78, 5) is 21.0. The van der Waals surface area contributed by atoms with Gasteiger partial charge >= 0.3 is 6.18 Å². The molecule has 2 nitrogen and oxygen atoms in total. The molecule has 0 bridgehead atoms. The van der Waals surface area contributed by atoms with E-state index in [1.54, 1.807) is 19.1 Å². The van der Waals surface area contributed by atoms with Gasteiger partial charge in [-0.15, -0.1) is 0 Å². The first-order valence-corrected chi connectivity index (χ1v) is 7.93. The predicted molar refractivity (Wildman–Crippen MR) is 97.3 cm³/mol. The maximum atomic E-state index is 11.9. The molecule has 0 heterocycles. The first kappa shape index (κ1) is 21.4. The summed E-state index contributed by atoms with van der Waals surface area (Å²) in [6.07, 6.45) is -2.16. The number of hydrogen-bond donors (Lipinski definition) is 0. The number of hydrogen-bond acceptors (Lipinski definition) is 2. The van der Waals surface area contributed by atoms with Gasteiger partial charge in [-0.1, -0.05) is 47.5 Å². The zero-order chi connectivity index (χ0) is 19.9. The molecule has 0 saturated heterocycles. The molecule has 26 heavy (non-hydrogen) atoms. The minimum absolute atomic E-state index is 0.557. The van der Waals surface area contributed by atoms with Crippen LogP contribution in [-0.2, 0) is 4.79 Å². The van der Waals surface area contributed by atoms with E-state index in [0.717, 1.165) is 34.1 Å². The van der Waals surface area contributed by atoms with Crippen LogP contribution in [0.15, 0.2) is 42.5 Å². The van der Waals surface area contributed by atoms with Gasteiger partial charge in [0.05, 0.1) is 0 Å². The summed E-state index contributed by atoms with van der Waals surface area (Å²) < 4.78 is 35.8. The molecule has 0 aromatic heterocycles. The van der Waals surface area contributed by atoms with Crippen molar-refractivity contribution in [2.45, 2.75) is 33.9 Å². The number of allylic oxidation sites excluding steroid dienone is 1. The van der Waals surface area contributed by atoms with Gasteiger partial charge in [0.1, 0.15) is 6.29 Å². The van der Waals surface area contributed by atoms with E-state index >= 15 is 0 Å². The second-order valence-electron chi connectivity index (χ2n) is 6.03. The molecule has 0 saturated carbocycles. The van der Waals surface area contributed by atoms with E-state index in [0.29, 0.717) is 11.6 Å². The Balaban J connectivity index is 0.000000289. The van der Waals surface area contributed by atoms with Gasteiger partial charge in [-0.3, -0.25) is 9.59 Å². The van der Waals surface area contributed by atoms with E-state index < -0.39 is 12.0 Å². The standard InChI is InChI=1S/C12H11F3O.C9H10O/c1-8-3-4-9(2)10(7-8)5-6-11(16)12(13,14)15;1-7-3-4-8(2)9(5-7)6-10/h3-7H,1-2H3;3-6H,1-2H3/b6-5+;. The average molecular weight is 362 g/mol. The maximum absolute atomic E-state index is 11.9. The van der Waals surface area contributed by atoms with E-state index in [-0.39, 0.29) is 0 Å². The van der Waals surface area contributed by atoms with Crippen LogP contribution in [-0.4, -0.2) is 18.2 Å². The van der Waals surface area contributed by atoms with Crippen LogP contribution in [0.5, 0.6) is 0 Å². The number of halogens is 3. The highest BCUT2D eigenvalue weighted by atomic mass is 19.4. The fourth-order valence-electron chi connectivity index (χ4n) is 2.09. The number of benzene rings is 2. The molecule has 2 aromatic carbocycles. The van der Waals surface area contributed by atoms with Crippen molar-refractivity contribution in [1.29, 1.82) is 0 Å². The number of aldehydes is 1. The van der Waals surface area contributed by atoms with Gasteiger partial charge in [-0.2, -0.15) is 13.2 Å². The second-order valence-corrected chi connectivity index (χ2v) is 6.03. The van der Waals surface area contributed by atoms with Gasteiger partial charge < -0.3 is 0 Å². The van der Waals surface area contributed by atoms with Crippen molar-refractivity contribution in [3.05, 3.63) is 75.9 Å². The Morgan fingerprint density at radius 3 is 1.73 bits per heavy atom.